The molecule has 19 heavy (non-hydrogen) atoms. The molecule has 0 aliphatic carbocycles. The van der Waals surface area contributed by atoms with Crippen molar-refractivity contribution < 1.29 is 9.47 Å². The summed E-state index contributed by atoms with van der Waals surface area (Å²) >= 11 is 5.26. The van der Waals surface area contributed by atoms with E-state index in [1.165, 1.54) is 4.88 Å². The molecule has 0 bridgehead atoms. The van der Waals surface area contributed by atoms with E-state index in [2.05, 4.69) is 38.8 Å². The Balaban J connectivity index is 2.52. The van der Waals surface area contributed by atoms with Gasteiger partial charge in [-0.05, 0) is 46.6 Å². The van der Waals surface area contributed by atoms with E-state index in [1.807, 2.05) is 19.2 Å². The summed E-state index contributed by atoms with van der Waals surface area (Å²) in [4.78, 5) is 1.25. The van der Waals surface area contributed by atoms with Crippen molar-refractivity contribution in [2.75, 3.05) is 21.3 Å². The number of ether oxygens (including phenoxy) is 2. The molecule has 0 saturated heterocycles. The number of hydrogen-bond acceptors (Lipinski definition) is 4. The second-order valence-electron chi connectivity index (χ2n) is 3.94. The molecule has 102 valence electrons. The van der Waals surface area contributed by atoms with Gasteiger partial charge in [-0.2, -0.15) is 0 Å². The molecule has 1 heterocycles. The van der Waals surface area contributed by atoms with E-state index in [9.17, 15) is 0 Å². The second-order valence-corrected chi connectivity index (χ2v) is 5.71. The minimum Gasteiger partial charge on any atom is -0.495 e. The van der Waals surface area contributed by atoms with E-state index in [4.69, 9.17) is 9.47 Å². The summed E-state index contributed by atoms with van der Waals surface area (Å²) in [6.07, 6.45) is 0. The molecule has 0 fully saturated rings. The van der Waals surface area contributed by atoms with Gasteiger partial charge in [-0.25, -0.2) is 0 Å². The first-order valence-corrected chi connectivity index (χ1v) is 7.51. The monoisotopic (exact) mass is 341 g/mol. The van der Waals surface area contributed by atoms with Gasteiger partial charge in [-0.1, -0.05) is 6.07 Å². The number of hydrogen-bond donors (Lipinski definition) is 1. The van der Waals surface area contributed by atoms with Crippen LogP contribution in [0.25, 0.3) is 0 Å². The Hall–Kier alpha value is -1.04. The Labute approximate surface area is 125 Å². The average molecular weight is 342 g/mol. The van der Waals surface area contributed by atoms with Crippen LogP contribution in [0.4, 0.5) is 0 Å². The summed E-state index contributed by atoms with van der Waals surface area (Å²) < 4.78 is 11.7. The van der Waals surface area contributed by atoms with E-state index in [-0.39, 0.29) is 6.04 Å². The summed E-state index contributed by atoms with van der Waals surface area (Å²) in [5.41, 5.74) is 1.08. The Morgan fingerprint density at radius 1 is 1.21 bits per heavy atom. The lowest BCUT2D eigenvalue weighted by Crippen LogP contribution is -2.17. The molecule has 0 aliphatic rings. The highest BCUT2D eigenvalue weighted by atomic mass is 79.9. The molecule has 1 unspecified atom stereocenters. The maximum absolute atomic E-state index is 5.54. The van der Waals surface area contributed by atoms with Crippen LogP contribution in [0.3, 0.4) is 0 Å². The molecule has 3 nitrogen and oxygen atoms in total. The van der Waals surface area contributed by atoms with Gasteiger partial charge >= 0.3 is 0 Å². The van der Waals surface area contributed by atoms with Crippen molar-refractivity contribution in [2.45, 2.75) is 6.04 Å². The van der Waals surface area contributed by atoms with Crippen LogP contribution in [0.2, 0.25) is 0 Å². The zero-order valence-electron chi connectivity index (χ0n) is 11.1. The summed E-state index contributed by atoms with van der Waals surface area (Å²) in [5, 5.41) is 5.40. The minimum atomic E-state index is 0.108. The molecular formula is C14H16BrNO2S. The lowest BCUT2D eigenvalue weighted by atomic mass is 10.0. The summed E-state index contributed by atoms with van der Waals surface area (Å²) in [6.45, 7) is 0. The lowest BCUT2D eigenvalue weighted by Gasteiger charge is -2.20. The van der Waals surface area contributed by atoms with Crippen LogP contribution < -0.4 is 14.8 Å². The van der Waals surface area contributed by atoms with Crippen molar-refractivity contribution in [3.05, 3.63) is 44.6 Å². The third kappa shape index (κ3) is 2.78. The average Bonchev–Trinajstić information content (AvgIpc) is 2.94. The first-order valence-electron chi connectivity index (χ1n) is 5.84. The van der Waals surface area contributed by atoms with Gasteiger partial charge in [-0.3, -0.25) is 0 Å². The van der Waals surface area contributed by atoms with Crippen LogP contribution in [0, 0.1) is 0 Å². The Morgan fingerprint density at radius 2 is 2.00 bits per heavy atom. The van der Waals surface area contributed by atoms with Gasteiger partial charge in [0.2, 0.25) is 0 Å². The van der Waals surface area contributed by atoms with Crippen molar-refractivity contribution in [3.63, 3.8) is 0 Å². The standard InChI is InChI=1S/C14H16BrNO2S/c1-16-13(11-5-4-8-19-11)9-6-7-10(17-2)12(15)14(9)18-3/h4-8,13,16H,1-3H3. The van der Waals surface area contributed by atoms with E-state index in [0.29, 0.717) is 0 Å². The second kappa shape index (κ2) is 6.41. The van der Waals surface area contributed by atoms with Crippen LogP contribution in [0.15, 0.2) is 34.1 Å². The highest BCUT2D eigenvalue weighted by molar-refractivity contribution is 9.10. The minimum absolute atomic E-state index is 0.108. The smallest absolute Gasteiger partial charge is 0.141 e. The summed E-state index contributed by atoms with van der Waals surface area (Å²) in [7, 11) is 5.26. The third-order valence-corrected chi connectivity index (χ3v) is 4.63. The fourth-order valence-corrected chi connectivity index (χ4v) is 3.59. The predicted octanol–water partition coefficient (Wildman–Crippen LogP) is 3.84. The van der Waals surface area contributed by atoms with Crippen LogP contribution >= 0.6 is 27.3 Å². The molecular weight excluding hydrogens is 326 g/mol. The molecule has 1 atom stereocenters. The summed E-state index contributed by atoms with van der Waals surface area (Å²) in [5.74, 6) is 1.56. The third-order valence-electron chi connectivity index (χ3n) is 2.94. The molecule has 0 amide bonds. The highest BCUT2D eigenvalue weighted by Gasteiger charge is 2.21. The predicted molar refractivity (Wildman–Crippen MR) is 82.5 cm³/mol. The van der Waals surface area contributed by atoms with Crippen molar-refractivity contribution in [1.82, 2.24) is 5.32 Å². The number of benzene rings is 1. The van der Waals surface area contributed by atoms with Gasteiger partial charge in [0.05, 0.1) is 20.3 Å². The quantitative estimate of drug-likeness (QED) is 0.896. The normalized spacial score (nSPS) is 12.2. The van der Waals surface area contributed by atoms with Crippen LogP contribution in [0.1, 0.15) is 16.5 Å². The van der Waals surface area contributed by atoms with Gasteiger partial charge in [0.1, 0.15) is 16.0 Å². The van der Waals surface area contributed by atoms with Crippen LogP contribution in [-0.2, 0) is 0 Å². The maximum atomic E-state index is 5.54. The molecule has 1 aromatic heterocycles. The molecule has 1 N–H and O–H groups in total. The Bertz CT molecular complexity index is 543. The van der Waals surface area contributed by atoms with E-state index in [1.54, 1.807) is 25.6 Å². The molecule has 0 aliphatic heterocycles. The molecule has 5 heteroatoms. The largest absolute Gasteiger partial charge is 0.495 e. The SMILES string of the molecule is CNC(c1cccs1)c1ccc(OC)c(Br)c1OC. The van der Waals surface area contributed by atoms with Crippen LogP contribution in [0.5, 0.6) is 11.5 Å². The van der Waals surface area contributed by atoms with Crippen molar-refractivity contribution >= 4 is 27.3 Å². The zero-order chi connectivity index (χ0) is 13.8. The fourth-order valence-electron chi connectivity index (χ4n) is 2.05. The number of nitrogens with one attached hydrogen (secondary N) is 1. The van der Waals surface area contributed by atoms with Gasteiger partial charge < -0.3 is 14.8 Å². The van der Waals surface area contributed by atoms with Gasteiger partial charge in [-0.15, -0.1) is 11.3 Å². The highest BCUT2D eigenvalue weighted by Crippen LogP contribution is 2.41. The van der Waals surface area contributed by atoms with Crippen molar-refractivity contribution in [1.29, 1.82) is 0 Å². The fraction of sp³-hybridized carbons (Fsp3) is 0.286. The zero-order valence-corrected chi connectivity index (χ0v) is 13.5. The van der Waals surface area contributed by atoms with Gasteiger partial charge in [0, 0.05) is 10.4 Å². The van der Waals surface area contributed by atoms with Gasteiger partial charge in [0.15, 0.2) is 0 Å². The van der Waals surface area contributed by atoms with E-state index >= 15 is 0 Å². The molecule has 2 rings (SSSR count). The maximum Gasteiger partial charge on any atom is 0.141 e. The lowest BCUT2D eigenvalue weighted by molar-refractivity contribution is 0.383. The molecule has 1 aromatic carbocycles. The molecule has 0 spiro atoms. The number of rotatable bonds is 5. The molecule has 2 aromatic rings. The first kappa shape index (κ1) is 14.4. The number of thiophene rings is 1. The topological polar surface area (TPSA) is 30.5 Å². The number of methoxy groups -OCH3 is 2. The molecule has 0 saturated carbocycles. The van der Waals surface area contributed by atoms with Crippen molar-refractivity contribution in [2.24, 2.45) is 0 Å². The Kier molecular flexibility index (Phi) is 4.85. The Morgan fingerprint density at radius 3 is 2.53 bits per heavy atom. The van der Waals surface area contributed by atoms with Crippen molar-refractivity contribution in [3.8, 4) is 11.5 Å². The molecule has 0 radical (unpaired) electrons. The van der Waals surface area contributed by atoms with E-state index < -0.39 is 0 Å². The van der Waals surface area contributed by atoms with E-state index in [0.717, 1.165) is 21.5 Å². The van der Waals surface area contributed by atoms with Crippen LogP contribution in [-0.4, -0.2) is 21.3 Å². The summed E-state index contributed by atoms with van der Waals surface area (Å²) in [6, 6.07) is 8.25. The first-order chi connectivity index (χ1) is 9.22. The van der Waals surface area contributed by atoms with Gasteiger partial charge in [0.25, 0.3) is 0 Å². The number of halogens is 1.